The summed E-state index contributed by atoms with van der Waals surface area (Å²) < 4.78 is 12.4. The van der Waals surface area contributed by atoms with E-state index in [2.05, 4.69) is 84.9 Å². The van der Waals surface area contributed by atoms with Gasteiger partial charge < -0.3 is 9.47 Å². The van der Waals surface area contributed by atoms with Gasteiger partial charge in [-0.1, -0.05) is 109 Å². The second-order valence-corrected chi connectivity index (χ2v) is 11.5. The van der Waals surface area contributed by atoms with E-state index in [1.54, 1.807) is 12.1 Å². The highest BCUT2D eigenvalue weighted by Gasteiger charge is 2.51. The molecular formula is C41H28O4. The van der Waals surface area contributed by atoms with E-state index >= 15 is 0 Å². The van der Waals surface area contributed by atoms with Gasteiger partial charge in [0.25, 0.3) is 0 Å². The van der Waals surface area contributed by atoms with Gasteiger partial charge in [0, 0.05) is 0 Å². The van der Waals surface area contributed by atoms with Gasteiger partial charge in [0.05, 0.1) is 16.5 Å². The van der Waals surface area contributed by atoms with Gasteiger partial charge in [0.1, 0.15) is 24.7 Å². The van der Waals surface area contributed by atoms with Gasteiger partial charge in [-0.2, -0.15) is 0 Å². The molecule has 4 nitrogen and oxygen atoms in total. The van der Waals surface area contributed by atoms with Crippen molar-refractivity contribution < 1.29 is 19.1 Å². The summed E-state index contributed by atoms with van der Waals surface area (Å²) in [5.41, 5.74) is 12.4. The van der Waals surface area contributed by atoms with Crippen molar-refractivity contribution in [3.05, 3.63) is 178 Å². The van der Waals surface area contributed by atoms with E-state index in [0.29, 0.717) is 35.8 Å². The van der Waals surface area contributed by atoms with E-state index in [1.165, 1.54) is 44.5 Å². The predicted molar refractivity (Wildman–Crippen MR) is 175 cm³/mol. The summed E-state index contributed by atoms with van der Waals surface area (Å²) in [4.78, 5) is 23.2. The monoisotopic (exact) mass is 584 g/mol. The van der Waals surface area contributed by atoms with Crippen LogP contribution in [0.4, 0.5) is 0 Å². The fraction of sp³-hybridized carbons (Fsp3) is 0.0732. The van der Waals surface area contributed by atoms with Crippen molar-refractivity contribution in [2.75, 3.05) is 0 Å². The number of fused-ring (bicyclic) bond motifs is 10. The zero-order chi connectivity index (χ0) is 30.4. The highest BCUT2D eigenvalue weighted by molar-refractivity contribution is 5.95. The molecule has 6 aromatic rings. The zero-order valence-electron chi connectivity index (χ0n) is 24.4. The Morgan fingerprint density at radius 2 is 0.844 bits per heavy atom. The molecule has 1 spiro atoms. The minimum Gasteiger partial charge on any atom is -0.488 e. The number of hydrogen-bond donors (Lipinski definition) is 0. The summed E-state index contributed by atoms with van der Waals surface area (Å²) in [5, 5.41) is 0. The normalized spacial score (nSPS) is 13.0. The first-order valence-corrected chi connectivity index (χ1v) is 15.0. The van der Waals surface area contributed by atoms with Crippen LogP contribution in [0.25, 0.3) is 22.3 Å². The molecule has 6 aromatic carbocycles. The van der Waals surface area contributed by atoms with Crippen LogP contribution >= 0.6 is 0 Å². The SMILES string of the molecule is O=Cc1ccccc1OCc1ccc2c(c1)C1(c3ccccc3-2)c2ccccc2-c2ccc(COc3ccccc3C=O)cc21. The van der Waals surface area contributed by atoms with Crippen LogP contribution in [0.1, 0.15) is 54.1 Å². The van der Waals surface area contributed by atoms with Crippen LogP contribution in [0, 0.1) is 0 Å². The van der Waals surface area contributed by atoms with Gasteiger partial charge in [0.15, 0.2) is 12.6 Å². The van der Waals surface area contributed by atoms with E-state index in [4.69, 9.17) is 9.47 Å². The molecule has 216 valence electrons. The number of carbonyl (C=O) groups is 2. The van der Waals surface area contributed by atoms with Crippen molar-refractivity contribution in [2.24, 2.45) is 0 Å². The molecule has 0 N–H and O–H groups in total. The molecule has 0 fully saturated rings. The number of carbonyl (C=O) groups excluding carboxylic acids is 2. The van der Waals surface area contributed by atoms with E-state index in [0.717, 1.165) is 23.7 Å². The number of ether oxygens (including phenoxy) is 2. The molecule has 0 aromatic heterocycles. The summed E-state index contributed by atoms with van der Waals surface area (Å²) in [6.45, 7) is 0.673. The van der Waals surface area contributed by atoms with Gasteiger partial charge in [-0.3, -0.25) is 9.59 Å². The molecule has 0 aliphatic heterocycles. The summed E-state index contributed by atoms with van der Waals surface area (Å²) in [6.07, 6.45) is 1.66. The molecule has 45 heavy (non-hydrogen) atoms. The summed E-state index contributed by atoms with van der Waals surface area (Å²) in [7, 11) is 0. The molecule has 0 unspecified atom stereocenters. The number of para-hydroxylation sites is 2. The van der Waals surface area contributed by atoms with Crippen molar-refractivity contribution in [1.82, 2.24) is 0 Å². The Balaban J connectivity index is 1.27. The third kappa shape index (κ3) is 4.14. The van der Waals surface area contributed by atoms with Crippen LogP contribution in [-0.2, 0) is 18.6 Å². The number of rotatable bonds is 8. The van der Waals surface area contributed by atoms with E-state index < -0.39 is 5.41 Å². The molecule has 2 aliphatic rings. The Morgan fingerprint density at radius 1 is 0.444 bits per heavy atom. The van der Waals surface area contributed by atoms with Crippen LogP contribution in [0.15, 0.2) is 133 Å². The molecule has 0 amide bonds. The fourth-order valence-corrected chi connectivity index (χ4v) is 7.15. The Morgan fingerprint density at radius 3 is 1.31 bits per heavy atom. The molecule has 8 rings (SSSR count). The number of aldehydes is 2. The quantitative estimate of drug-likeness (QED) is 0.168. The maximum Gasteiger partial charge on any atom is 0.153 e. The molecular weight excluding hydrogens is 556 g/mol. The predicted octanol–water partition coefficient (Wildman–Crippen LogP) is 8.81. The summed E-state index contributed by atoms with van der Waals surface area (Å²) >= 11 is 0. The van der Waals surface area contributed by atoms with Gasteiger partial charge in [0.2, 0.25) is 0 Å². The molecule has 2 aliphatic carbocycles. The lowest BCUT2D eigenvalue weighted by Crippen LogP contribution is -2.26. The number of benzene rings is 6. The minimum atomic E-state index is -0.523. The lowest BCUT2D eigenvalue weighted by Gasteiger charge is -2.31. The summed E-state index contributed by atoms with van der Waals surface area (Å²) in [6, 6.07) is 45.2. The van der Waals surface area contributed by atoms with Gasteiger partial charge in [-0.15, -0.1) is 0 Å². The fourth-order valence-electron chi connectivity index (χ4n) is 7.15. The Bertz CT molecular complexity index is 1970. The largest absolute Gasteiger partial charge is 0.488 e. The lowest BCUT2D eigenvalue weighted by atomic mass is 9.70. The van der Waals surface area contributed by atoms with Crippen molar-refractivity contribution in [2.45, 2.75) is 18.6 Å². The Labute approximate surface area is 261 Å². The average Bonchev–Trinajstić information content (AvgIpc) is 3.56. The molecule has 0 saturated carbocycles. The third-order valence-corrected chi connectivity index (χ3v) is 9.10. The van der Waals surface area contributed by atoms with Crippen molar-refractivity contribution >= 4 is 12.6 Å². The van der Waals surface area contributed by atoms with Gasteiger partial charge in [-0.05, 0) is 79.9 Å². The molecule has 0 saturated heterocycles. The van der Waals surface area contributed by atoms with Crippen molar-refractivity contribution in [3.63, 3.8) is 0 Å². The molecule has 4 heteroatoms. The second kappa shape index (κ2) is 10.8. The Kier molecular flexibility index (Phi) is 6.42. The third-order valence-electron chi connectivity index (χ3n) is 9.10. The highest BCUT2D eigenvalue weighted by Crippen LogP contribution is 2.62. The van der Waals surface area contributed by atoms with E-state index in [-0.39, 0.29) is 0 Å². The first kappa shape index (κ1) is 26.9. The Hall–Kier alpha value is -5.74. The topological polar surface area (TPSA) is 52.6 Å². The average molecular weight is 585 g/mol. The van der Waals surface area contributed by atoms with Crippen LogP contribution < -0.4 is 9.47 Å². The van der Waals surface area contributed by atoms with E-state index in [9.17, 15) is 9.59 Å². The maximum atomic E-state index is 11.6. The van der Waals surface area contributed by atoms with Crippen LogP contribution in [0.2, 0.25) is 0 Å². The highest BCUT2D eigenvalue weighted by atomic mass is 16.5. The van der Waals surface area contributed by atoms with Crippen LogP contribution in [-0.4, -0.2) is 12.6 Å². The maximum absolute atomic E-state index is 11.6. The van der Waals surface area contributed by atoms with Crippen LogP contribution in [0.3, 0.4) is 0 Å². The van der Waals surface area contributed by atoms with E-state index in [1.807, 2.05) is 36.4 Å². The molecule has 0 atom stereocenters. The lowest BCUT2D eigenvalue weighted by molar-refractivity contribution is 0.111. The van der Waals surface area contributed by atoms with Crippen molar-refractivity contribution in [3.8, 4) is 33.8 Å². The van der Waals surface area contributed by atoms with Crippen LogP contribution in [0.5, 0.6) is 11.5 Å². The summed E-state index contributed by atoms with van der Waals surface area (Å²) in [5.74, 6) is 1.15. The van der Waals surface area contributed by atoms with Crippen molar-refractivity contribution in [1.29, 1.82) is 0 Å². The minimum absolute atomic E-state index is 0.336. The first-order chi connectivity index (χ1) is 22.2. The molecule has 0 heterocycles. The molecule has 0 bridgehead atoms. The first-order valence-electron chi connectivity index (χ1n) is 15.0. The second-order valence-electron chi connectivity index (χ2n) is 11.5. The molecule has 0 radical (unpaired) electrons. The number of hydrogen-bond acceptors (Lipinski definition) is 4. The standard InChI is InChI=1S/C41H28O4/c42-23-29-9-1-7-15-39(29)44-25-27-17-19-33-31-11-3-5-13-35(31)41(37(33)21-27)36-14-6-4-12-32(36)34-20-18-28(22-38(34)41)26-45-40-16-8-2-10-30(40)24-43/h1-24H,25-26H2. The smallest absolute Gasteiger partial charge is 0.153 e. The van der Waals surface area contributed by atoms with Gasteiger partial charge in [-0.25, -0.2) is 0 Å². The zero-order valence-corrected chi connectivity index (χ0v) is 24.4. The van der Waals surface area contributed by atoms with Gasteiger partial charge >= 0.3 is 0 Å².